The van der Waals surface area contributed by atoms with Crippen molar-refractivity contribution in [2.45, 2.75) is 366 Å². The quantitative estimate of drug-likeness (QED) is 0.0420. The molecule has 3 N–H and O–H groups in total. The SMILES string of the molecule is CCCCCCC/C=C\C/C=C\CCCCCCCCCCCCCCCC(=O)NC(CO)C(O)/C=C/CCCCCCCCCCCCCCCCCCCCCCCCCCCCCCCC. The van der Waals surface area contributed by atoms with E-state index in [1.165, 1.54) is 302 Å². The summed E-state index contributed by atoms with van der Waals surface area (Å²) >= 11 is 0. The second kappa shape index (κ2) is 60.9. The van der Waals surface area contributed by atoms with E-state index >= 15 is 0 Å². The monoisotopic (exact) mass is 968 g/mol. The van der Waals surface area contributed by atoms with Crippen LogP contribution in [0.1, 0.15) is 354 Å². The zero-order chi connectivity index (χ0) is 49.9. The van der Waals surface area contributed by atoms with Gasteiger partial charge in [0.2, 0.25) is 5.91 Å². The molecule has 0 aliphatic heterocycles. The molecule has 0 spiro atoms. The third-order valence-corrected chi connectivity index (χ3v) is 14.9. The summed E-state index contributed by atoms with van der Waals surface area (Å²) in [6.45, 7) is 4.34. The van der Waals surface area contributed by atoms with Crippen molar-refractivity contribution >= 4 is 5.91 Å². The number of aliphatic hydroxyl groups excluding tert-OH is 2. The number of amides is 1. The van der Waals surface area contributed by atoms with Crippen LogP contribution in [-0.4, -0.2) is 34.9 Å². The van der Waals surface area contributed by atoms with Gasteiger partial charge in [0, 0.05) is 6.42 Å². The van der Waals surface area contributed by atoms with E-state index in [-0.39, 0.29) is 12.5 Å². The molecule has 2 atom stereocenters. The fraction of sp³-hybridized carbons (Fsp3) is 0.892. The van der Waals surface area contributed by atoms with Crippen molar-refractivity contribution in [3.63, 3.8) is 0 Å². The first kappa shape index (κ1) is 67.6. The number of unbranched alkanes of at least 4 members (excludes halogenated alkanes) is 48. The highest BCUT2D eigenvalue weighted by molar-refractivity contribution is 5.76. The molecular formula is C65H125NO3. The van der Waals surface area contributed by atoms with Crippen LogP contribution in [0.15, 0.2) is 36.5 Å². The van der Waals surface area contributed by atoms with Crippen LogP contribution in [-0.2, 0) is 4.79 Å². The molecule has 408 valence electrons. The number of allylic oxidation sites excluding steroid dienone is 5. The molecule has 0 saturated heterocycles. The minimum atomic E-state index is -0.841. The number of rotatable bonds is 59. The highest BCUT2D eigenvalue weighted by atomic mass is 16.3. The number of hydrogen-bond donors (Lipinski definition) is 3. The Bertz CT molecular complexity index is 1050. The van der Waals surface area contributed by atoms with E-state index in [2.05, 4.69) is 43.5 Å². The van der Waals surface area contributed by atoms with Gasteiger partial charge in [-0.05, 0) is 51.4 Å². The van der Waals surface area contributed by atoms with Gasteiger partial charge in [-0.25, -0.2) is 0 Å². The van der Waals surface area contributed by atoms with Crippen molar-refractivity contribution in [1.82, 2.24) is 5.32 Å². The molecule has 1 amide bonds. The second-order valence-electron chi connectivity index (χ2n) is 21.8. The third kappa shape index (κ3) is 57.4. The Kier molecular flexibility index (Phi) is 59.7. The fourth-order valence-electron chi connectivity index (χ4n) is 10.0. The molecule has 0 saturated carbocycles. The van der Waals surface area contributed by atoms with Crippen molar-refractivity contribution < 1.29 is 15.0 Å². The molecule has 0 aliphatic rings. The molecule has 0 aromatic heterocycles. The Morgan fingerprint density at radius 3 is 0.870 bits per heavy atom. The minimum absolute atomic E-state index is 0.0597. The number of nitrogens with one attached hydrogen (secondary N) is 1. The summed E-state index contributed by atoms with van der Waals surface area (Å²) in [6.07, 6.45) is 83.4. The summed E-state index contributed by atoms with van der Waals surface area (Å²) in [5.41, 5.74) is 0. The number of carbonyl (C=O) groups excluding carboxylic acids is 1. The van der Waals surface area contributed by atoms with E-state index in [0.29, 0.717) is 6.42 Å². The smallest absolute Gasteiger partial charge is 0.220 e. The van der Waals surface area contributed by atoms with Crippen LogP contribution in [0, 0.1) is 0 Å². The number of aliphatic hydroxyl groups is 2. The molecule has 0 rings (SSSR count). The zero-order valence-electron chi connectivity index (χ0n) is 47.1. The summed E-state index contributed by atoms with van der Waals surface area (Å²) < 4.78 is 0. The van der Waals surface area contributed by atoms with Crippen molar-refractivity contribution in [3.05, 3.63) is 36.5 Å². The largest absolute Gasteiger partial charge is 0.394 e. The van der Waals surface area contributed by atoms with Crippen molar-refractivity contribution in [2.24, 2.45) is 0 Å². The minimum Gasteiger partial charge on any atom is -0.394 e. The van der Waals surface area contributed by atoms with E-state index < -0.39 is 12.1 Å². The van der Waals surface area contributed by atoms with Gasteiger partial charge >= 0.3 is 0 Å². The average molecular weight is 969 g/mol. The second-order valence-corrected chi connectivity index (χ2v) is 21.8. The van der Waals surface area contributed by atoms with Gasteiger partial charge in [0.15, 0.2) is 0 Å². The first-order valence-corrected chi connectivity index (χ1v) is 31.7. The number of hydrogen-bond acceptors (Lipinski definition) is 3. The maximum absolute atomic E-state index is 12.5. The van der Waals surface area contributed by atoms with Gasteiger partial charge in [0.25, 0.3) is 0 Å². The van der Waals surface area contributed by atoms with Crippen molar-refractivity contribution in [1.29, 1.82) is 0 Å². The van der Waals surface area contributed by atoms with Gasteiger partial charge < -0.3 is 15.5 Å². The molecule has 2 unspecified atom stereocenters. The molecular weight excluding hydrogens is 843 g/mol. The van der Waals surface area contributed by atoms with Crippen molar-refractivity contribution in [2.75, 3.05) is 6.61 Å². The third-order valence-electron chi connectivity index (χ3n) is 14.9. The fourth-order valence-corrected chi connectivity index (χ4v) is 10.0. The Morgan fingerprint density at radius 1 is 0.348 bits per heavy atom. The lowest BCUT2D eigenvalue weighted by molar-refractivity contribution is -0.123. The van der Waals surface area contributed by atoms with E-state index in [9.17, 15) is 15.0 Å². The summed E-state index contributed by atoms with van der Waals surface area (Å²) in [5, 5.41) is 23.3. The molecule has 0 aliphatic carbocycles. The first-order chi connectivity index (χ1) is 34.2. The molecule has 0 heterocycles. The molecule has 0 bridgehead atoms. The Balaban J connectivity index is 3.44. The summed E-state index contributed by atoms with van der Waals surface area (Å²) in [5.74, 6) is -0.0597. The highest BCUT2D eigenvalue weighted by Crippen LogP contribution is 2.18. The van der Waals surface area contributed by atoms with E-state index in [4.69, 9.17) is 0 Å². The van der Waals surface area contributed by atoms with Gasteiger partial charge in [-0.2, -0.15) is 0 Å². The summed E-state index contributed by atoms with van der Waals surface area (Å²) in [4.78, 5) is 12.5. The Morgan fingerprint density at radius 2 is 0.594 bits per heavy atom. The Hall–Kier alpha value is -1.39. The van der Waals surface area contributed by atoms with E-state index in [1.54, 1.807) is 6.08 Å². The van der Waals surface area contributed by atoms with Gasteiger partial charge in [-0.1, -0.05) is 333 Å². The van der Waals surface area contributed by atoms with E-state index in [1.807, 2.05) is 6.08 Å². The molecule has 0 fully saturated rings. The average Bonchev–Trinajstić information content (AvgIpc) is 3.35. The molecule has 0 aromatic carbocycles. The maximum Gasteiger partial charge on any atom is 0.220 e. The van der Waals surface area contributed by atoms with Gasteiger partial charge in [-0.15, -0.1) is 0 Å². The van der Waals surface area contributed by atoms with Gasteiger partial charge in [0.05, 0.1) is 18.8 Å². The van der Waals surface area contributed by atoms with Crippen LogP contribution in [0.3, 0.4) is 0 Å². The van der Waals surface area contributed by atoms with Crippen LogP contribution in [0.25, 0.3) is 0 Å². The normalized spacial score (nSPS) is 12.9. The predicted molar refractivity (Wildman–Crippen MR) is 308 cm³/mol. The molecule has 0 radical (unpaired) electrons. The topological polar surface area (TPSA) is 69.6 Å². The van der Waals surface area contributed by atoms with Crippen LogP contribution >= 0.6 is 0 Å². The Labute approximate surface area is 433 Å². The lowest BCUT2D eigenvalue weighted by Gasteiger charge is -2.20. The van der Waals surface area contributed by atoms with Crippen LogP contribution in [0.2, 0.25) is 0 Å². The number of carbonyl (C=O) groups is 1. The summed E-state index contributed by atoms with van der Waals surface area (Å²) in [6, 6.07) is -0.624. The predicted octanol–water partition coefficient (Wildman–Crippen LogP) is 21.2. The molecule has 0 aromatic rings. The van der Waals surface area contributed by atoms with Crippen LogP contribution in [0.4, 0.5) is 0 Å². The maximum atomic E-state index is 12.5. The highest BCUT2D eigenvalue weighted by Gasteiger charge is 2.18. The molecule has 69 heavy (non-hydrogen) atoms. The standard InChI is InChI=1S/C65H125NO3/c1-3-5-7-9-11-13-15-17-19-21-23-25-27-29-30-31-32-33-34-35-37-38-40-42-44-46-48-50-52-54-56-58-60-64(68)63(62-67)66-65(69)61-59-57-55-53-51-49-47-45-43-41-39-36-28-26-24-22-20-18-16-14-12-10-8-6-4-2/h16,18,22,24,58,60,63-64,67-68H,3-15,17,19-21,23,25-57,59,61-62H2,1-2H3,(H,66,69)/b18-16-,24-22-,60-58+. The van der Waals surface area contributed by atoms with Crippen LogP contribution in [0.5, 0.6) is 0 Å². The first-order valence-electron chi connectivity index (χ1n) is 31.7. The lowest BCUT2D eigenvalue weighted by Crippen LogP contribution is -2.45. The summed E-state index contributed by atoms with van der Waals surface area (Å²) in [7, 11) is 0. The van der Waals surface area contributed by atoms with Crippen LogP contribution < -0.4 is 5.32 Å². The van der Waals surface area contributed by atoms with Gasteiger partial charge in [-0.3, -0.25) is 4.79 Å². The van der Waals surface area contributed by atoms with Crippen molar-refractivity contribution in [3.8, 4) is 0 Å². The molecule has 4 heteroatoms. The molecule has 4 nitrogen and oxygen atoms in total. The van der Waals surface area contributed by atoms with Gasteiger partial charge in [0.1, 0.15) is 0 Å². The zero-order valence-corrected chi connectivity index (χ0v) is 47.1. The lowest BCUT2D eigenvalue weighted by atomic mass is 10.0. The van der Waals surface area contributed by atoms with E-state index in [0.717, 1.165) is 32.1 Å².